The maximum atomic E-state index is 11.9. The highest BCUT2D eigenvalue weighted by atomic mass is 16.3. The summed E-state index contributed by atoms with van der Waals surface area (Å²) in [5.74, 6) is -0.362. The quantitative estimate of drug-likeness (QED) is 0.871. The molecule has 1 amide bonds. The van der Waals surface area contributed by atoms with Crippen LogP contribution in [0, 0.1) is 11.3 Å². The minimum Gasteiger partial charge on any atom is -0.392 e. The highest BCUT2D eigenvalue weighted by molar-refractivity contribution is 6.02. The number of aliphatic hydroxyl groups is 1. The van der Waals surface area contributed by atoms with Crippen molar-refractivity contribution in [3.05, 3.63) is 59.4 Å². The molecule has 0 spiro atoms. The molecule has 1 heterocycles. The van der Waals surface area contributed by atoms with Crippen LogP contribution in [0.25, 0.3) is 0 Å². The first-order chi connectivity index (χ1) is 9.22. The van der Waals surface area contributed by atoms with Gasteiger partial charge in [-0.15, -0.1) is 0 Å². The number of aromatic nitrogens is 1. The molecule has 1 aromatic heterocycles. The lowest BCUT2D eigenvalue weighted by Crippen LogP contribution is -2.13. The van der Waals surface area contributed by atoms with Gasteiger partial charge in [0.05, 0.1) is 12.2 Å². The van der Waals surface area contributed by atoms with E-state index in [-0.39, 0.29) is 18.2 Å². The topological polar surface area (TPSA) is 86.0 Å². The predicted molar refractivity (Wildman–Crippen MR) is 69.3 cm³/mol. The predicted octanol–water partition coefficient (Wildman–Crippen LogP) is 1.70. The number of nitriles is 1. The van der Waals surface area contributed by atoms with Crippen LogP contribution in [-0.2, 0) is 6.61 Å². The van der Waals surface area contributed by atoms with E-state index in [1.807, 2.05) is 6.07 Å². The first kappa shape index (κ1) is 12.7. The molecule has 19 heavy (non-hydrogen) atoms. The summed E-state index contributed by atoms with van der Waals surface area (Å²) in [6, 6.07) is 11.9. The van der Waals surface area contributed by atoms with E-state index in [4.69, 9.17) is 10.4 Å². The number of anilines is 1. The lowest BCUT2D eigenvalue weighted by Gasteiger charge is -2.05. The highest BCUT2D eigenvalue weighted by Gasteiger charge is 2.07. The van der Waals surface area contributed by atoms with Crippen LogP contribution in [0.1, 0.15) is 21.6 Å². The highest BCUT2D eigenvalue weighted by Crippen LogP contribution is 2.12. The molecule has 0 atom stereocenters. The van der Waals surface area contributed by atoms with Crippen molar-refractivity contribution in [3.63, 3.8) is 0 Å². The largest absolute Gasteiger partial charge is 0.392 e. The molecular weight excluding hydrogens is 242 g/mol. The first-order valence-corrected chi connectivity index (χ1v) is 5.60. The van der Waals surface area contributed by atoms with E-state index in [2.05, 4.69) is 10.3 Å². The number of hydrogen-bond acceptors (Lipinski definition) is 4. The lowest BCUT2D eigenvalue weighted by molar-refractivity contribution is 0.102. The van der Waals surface area contributed by atoms with E-state index >= 15 is 0 Å². The van der Waals surface area contributed by atoms with Gasteiger partial charge >= 0.3 is 0 Å². The second-order valence-corrected chi connectivity index (χ2v) is 3.86. The lowest BCUT2D eigenvalue weighted by atomic mass is 10.2. The number of amides is 1. The number of carbonyl (C=O) groups excluding carboxylic acids is 1. The molecule has 5 nitrogen and oxygen atoms in total. The average molecular weight is 253 g/mol. The van der Waals surface area contributed by atoms with E-state index in [1.165, 1.54) is 18.3 Å². The number of pyridine rings is 1. The molecule has 2 rings (SSSR count). The zero-order valence-corrected chi connectivity index (χ0v) is 10.00. The molecule has 0 bridgehead atoms. The molecule has 0 fully saturated rings. The molecule has 1 aromatic carbocycles. The molecule has 0 aliphatic rings. The SMILES string of the molecule is N#Cc1ccc(C(=O)Nc2cccc(CO)c2)nc1. The van der Waals surface area contributed by atoms with Crippen molar-refractivity contribution in [1.82, 2.24) is 4.98 Å². The van der Waals surface area contributed by atoms with Crippen LogP contribution in [0.3, 0.4) is 0 Å². The Hall–Kier alpha value is -2.71. The summed E-state index contributed by atoms with van der Waals surface area (Å²) in [7, 11) is 0. The van der Waals surface area contributed by atoms with Gasteiger partial charge in [0, 0.05) is 11.9 Å². The molecule has 0 radical (unpaired) electrons. The summed E-state index contributed by atoms with van der Waals surface area (Å²) in [6.45, 7) is -0.0845. The van der Waals surface area contributed by atoms with Gasteiger partial charge in [-0.1, -0.05) is 12.1 Å². The maximum Gasteiger partial charge on any atom is 0.274 e. The maximum absolute atomic E-state index is 11.9. The second kappa shape index (κ2) is 5.76. The number of benzene rings is 1. The third-order valence-electron chi connectivity index (χ3n) is 2.49. The fourth-order valence-electron chi connectivity index (χ4n) is 1.54. The van der Waals surface area contributed by atoms with Crippen molar-refractivity contribution in [2.24, 2.45) is 0 Å². The van der Waals surface area contributed by atoms with Crippen molar-refractivity contribution < 1.29 is 9.90 Å². The summed E-state index contributed by atoms with van der Waals surface area (Å²) in [6.07, 6.45) is 1.35. The van der Waals surface area contributed by atoms with Crippen LogP contribution in [0.15, 0.2) is 42.6 Å². The van der Waals surface area contributed by atoms with Crippen molar-refractivity contribution in [2.45, 2.75) is 6.61 Å². The van der Waals surface area contributed by atoms with E-state index in [0.717, 1.165) is 0 Å². The Morgan fingerprint density at radius 3 is 2.84 bits per heavy atom. The minimum absolute atomic E-state index is 0.0845. The Labute approximate surface area is 110 Å². The van der Waals surface area contributed by atoms with Crippen molar-refractivity contribution in [1.29, 1.82) is 5.26 Å². The molecule has 2 aromatic rings. The van der Waals surface area contributed by atoms with Gasteiger partial charge in [0.1, 0.15) is 11.8 Å². The molecule has 0 saturated carbocycles. The first-order valence-electron chi connectivity index (χ1n) is 5.60. The van der Waals surface area contributed by atoms with Gasteiger partial charge in [0.2, 0.25) is 0 Å². The van der Waals surface area contributed by atoms with Gasteiger partial charge in [0.15, 0.2) is 0 Å². The summed E-state index contributed by atoms with van der Waals surface area (Å²) in [4.78, 5) is 15.8. The molecule has 94 valence electrons. The molecular formula is C14H11N3O2. The van der Waals surface area contributed by atoms with Gasteiger partial charge in [-0.3, -0.25) is 4.79 Å². The zero-order valence-electron chi connectivity index (χ0n) is 10.00. The smallest absolute Gasteiger partial charge is 0.274 e. The summed E-state index contributed by atoms with van der Waals surface area (Å²) >= 11 is 0. The number of rotatable bonds is 3. The van der Waals surface area contributed by atoms with Crippen LogP contribution in [0.4, 0.5) is 5.69 Å². The standard InChI is InChI=1S/C14H11N3O2/c15-7-11-4-5-13(16-8-11)14(19)17-12-3-1-2-10(6-12)9-18/h1-6,8,18H,9H2,(H,17,19). The Morgan fingerprint density at radius 2 is 2.21 bits per heavy atom. The van der Waals surface area contributed by atoms with Gasteiger partial charge in [-0.25, -0.2) is 4.98 Å². The Balaban J connectivity index is 2.13. The molecule has 0 aliphatic heterocycles. The van der Waals surface area contributed by atoms with E-state index in [0.29, 0.717) is 16.8 Å². The second-order valence-electron chi connectivity index (χ2n) is 3.86. The van der Waals surface area contributed by atoms with Crippen LogP contribution in [-0.4, -0.2) is 16.0 Å². The number of hydrogen-bond donors (Lipinski definition) is 2. The average Bonchev–Trinajstić information content (AvgIpc) is 2.47. The van der Waals surface area contributed by atoms with Gasteiger partial charge in [0.25, 0.3) is 5.91 Å². The van der Waals surface area contributed by atoms with E-state index in [1.54, 1.807) is 24.3 Å². The third-order valence-corrected chi connectivity index (χ3v) is 2.49. The molecule has 0 saturated heterocycles. The van der Waals surface area contributed by atoms with Crippen molar-refractivity contribution in [2.75, 3.05) is 5.32 Å². The zero-order chi connectivity index (χ0) is 13.7. The monoisotopic (exact) mass is 253 g/mol. The number of aliphatic hydroxyl groups excluding tert-OH is 1. The van der Waals surface area contributed by atoms with Crippen LogP contribution in [0.5, 0.6) is 0 Å². The summed E-state index contributed by atoms with van der Waals surface area (Å²) in [5.41, 5.74) is 1.93. The number of nitrogens with one attached hydrogen (secondary N) is 1. The van der Waals surface area contributed by atoms with Crippen LogP contribution in [0.2, 0.25) is 0 Å². The van der Waals surface area contributed by atoms with Crippen LogP contribution < -0.4 is 5.32 Å². The van der Waals surface area contributed by atoms with Gasteiger partial charge < -0.3 is 10.4 Å². The normalized spacial score (nSPS) is 9.68. The van der Waals surface area contributed by atoms with E-state index in [9.17, 15) is 4.79 Å². The fraction of sp³-hybridized carbons (Fsp3) is 0.0714. The minimum atomic E-state index is -0.362. The number of nitrogens with zero attached hydrogens (tertiary/aromatic N) is 2. The van der Waals surface area contributed by atoms with E-state index < -0.39 is 0 Å². The van der Waals surface area contributed by atoms with Gasteiger partial charge in [-0.05, 0) is 29.8 Å². The van der Waals surface area contributed by atoms with Crippen molar-refractivity contribution >= 4 is 11.6 Å². The Morgan fingerprint density at radius 1 is 1.37 bits per heavy atom. The summed E-state index contributed by atoms with van der Waals surface area (Å²) in [5, 5.41) is 20.3. The molecule has 0 aliphatic carbocycles. The Bertz CT molecular complexity index is 630. The van der Waals surface area contributed by atoms with Gasteiger partial charge in [-0.2, -0.15) is 5.26 Å². The Kier molecular flexibility index (Phi) is 3.86. The number of carbonyl (C=O) groups is 1. The van der Waals surface area contributed by atoms with Crippen LogP contribution >= 0.6 is 0 Å². The van der Waals surface area contributed by atoms with Crippen molar-refractivity contribution in [3.8, 4) is 6.07 Å². The molecule has 0 unspecified atom stereocenters. The third kappa shape index (κ3) is 3.15. The molecule has 2 N–H and O–H groups in total. The summed E-state index contributed by atoms with van der Waals surface area (Å²) < 4.78 is 0. The fourth-order valence-corrected chi connectivity index (χ4v) is 1.54. The molecule has 5 heteroatoms.